The Morgan fingerprint density at radius 3 is 2.66 bits per heavy atom. The maximum absolute atomic E-state index is 12.6. The number of fused-ring (bicyclic) bond motifs is 1. The molecule has 0 bridgehead atoms. The average molecular weight is 397 g/mol. The zero-order chi connectivity index (χ0) is 20.8. The number of aromatic nitrogens is 2. The van der Waals surface area contributed by atoms with Crippen molar-refractivity contribution < 1.29 is 15.0 Å². The van der Waals surface area contributed by atoms with E-state index in [-0.39, 0.29) is 17.7 Å². The minimum absolute atomic E-state index is 0.0803. The highest BCUT2D eigenvalue weighted by Gasteiger charge is 2.40. The van der Waals surface area contributed by atoms with Crippen molar-refractivity contribution in [2.24, 2.45) is 0 Å². The molecule has 2 aliphatic rings. The first kappa shape index (κ1) is 19.6. The molecule has 1 aliphatic heterocycles. The summed E-state index contributed by atoms with van der Waals surface area (Å²) in [6, 6.07) is 8.55. The molecule has 1 saturated carbocycles. The Bertz CT molecular complexity index is 1010. The highest BCUT2D eigenvalue weighted by molar-refractivity contribution is 5.95. The number of hydrogen-bond acceptors (Lipinski definition) is 5. The summed E-state index contributed by atoms with van der Waals surface area (Å²) >= 11 is 0. The molecule has 2 aromatic rings. The van der Waals surface area contributed by atoms with E-state index in [1.807, 2.05) is 0 Å². The predicted molar refractivity (Wildman–Crippen MR) is 108 cm³/mol. The Morgan fingerprint density at radius 2 is 1.97 bits per heavy atom. The van der Waals surface area contributed by atoms with Crippen molar-refractivity contribution in [3.05, 3.63) is 57.3 Å². The minimum atomic E-state index is -1.03. The molecule has 1 aromatic heterocycles. The third-order valence-corrected chi connectivity index (χ3v) is 6.56. The lowest BCUT2D eigenvalue weighted by Crippen LogP contribution is -2.48. The number of aliphatic hydroxyl groups excluding tert-OH is 1. The number of likely N-dealkylation sites (N-methyl/N-ethyl adjacent to an activating group) is 1. The second kappa shape index (κ2) is 7.30. The summed E-state index contributed by atoms with van der Waals surface area (Å²) in [6.45, 7) is 2.21. The Hall–Kier alpha value is -2.67. The molecule has 1 aromatic carbocycles. The first-order valence-electron chi connectivity index (χ1n) is 10.2. The summed E-state index contributed by atoms with van der Waals surface area (Å²) in [5.41, 5.74) is 1.45. The summed E-state index contributed by atoms with van der Waals surface area (Å²) in [5.74, 6) is -0.770. The molecule has 0 unspecified atom stereocenters. The number of amides is 1. The van der Waals surface area contributed by atoms with E-state index in [1.54, 1.807) is 0 Å². The van der Waals surface area contributed by atoms with Gasteiger partial charge in [0, 0.05) is 18.9 Å². The van der Waals surface area contributed by atoms with Gasteiger partial charge in [-0.25, -0.2) is 0 Å². The fourth-order valence-corrected chi connectivity index (χ4v) is 4.77. The van der Waals surface area contributed by atoms with E-state index in [0.29, 0.717) is 12.2 Å². The normalized spacial score (nSPS) is 20.7. The molecule has 0 saturated heterocycles. The van der Waals surface area contributed by atoms with Crippen LogP contribution in [0.4, 0.5) is 0 Å². The van der Waals surface area contributed by atoms with Crippen molar-refractivity contribution in [3.8, 4) is 5.75 Å². The predicted octanol–water partition coefficient (Wildman–Crippen LogP) is 1.97. The van der Waals surface area contributed by atoms with Gasteiger partial charge in [-0.05, 0) is 30.4 Å². The molecule has 0 radical (unpaired) electrons. The van der Waals surface area contributed by atoms with Crippen LogP contribution in [-0.2, 0) is 24.8 Å². The lowest BCUT2D eigenvalue weighted by atomic mass is 9.75. The standard InChI is InChI=1S/C22H27N3O4/c1-3-14-7-6-8-15(11-14)22(9-4-5-10-22)12-16-23-20(28)19(27)18-21(29)24(2)17(26)13-25(16)18/h6-8,11,17,26-27H,3-5,9-10,12-13H2,1-2H3/t17-/m0/s1. The fourth-order valence-electron chi connectivity index (χ4n) is 4.77. The molecule has 1 atom stereocenters. The Kier molecular flexibility index (Phi) is 4.94. The maximum atomic E-state index is 12.6. The fraction of sp³-hybridized carbons (Fsp3) is 0.500. The molecular formula is C22H27N3O4. The molecule has 29 heavy (non-hydrogen) atoms. The van der Waals surface area contributed by atoms with Crippen molar-refractivity contribution in [1.82, 2.24) is 14.5 Å². The Labute approximate surface area is 169 Å². The van der Waals surface area contributed by atoms with E-state index in [2.05, 4.69) is 36.2 Å². The minimum Gasteiger partial charge on any atom is -0.501 e. The summed E-state index contributed by atoms with van der Waals surface area (Å²) in [5, 5.41) is 20.5. The van der Waals surface area contributed by atoms with Crippen LogP contribution in [0.15, 0.2) is 29.1 Å². The average Bonchev–Trinajstić information content (AvgIpc) is 3.19. The third kappa shape index (κ3) is 3.23. The van der Waals surface area contributed by atoms with Crippen LogP contribution in [0.3, 0.4) is 0 Å². The number of nitrogens with zero attached hydrogens (tertiary/aromatic N) is 3. The Balaban J connectivity index is 1.83. The van der Waals surface area contributed by atoms with E-state index < -0.39 is 23.4 Å². The molecule has 1 aliphatic carbocycles. The van der Waals surface area contributed by atoms with Crippen LogP contribution in [0.25, 0.3) is 0 Å². The summed E-state index contributed by atoms with van der Waals surface area (Å²) < 4.78 is 1.54. The molecule has 7 heteroatoms. The van der Waals surface area contributed by atoms with Gasteiger partial charge >= 0.3 is 5.56 Å². The van der Waals surface area contributed by atoms with Gasteiger partial charge in [0.15, 0.2) is 5.69 Å². The van der Waals surface area contributed by atoms with Gasteiger partial charge in [-0.3, -0.25) is 9.59 Å². The molecule has 0 spiro atoms. The number of carbonyl (C=O) groups is 1. The molecule has 7 nitrogen and oxygen atoms in total. The number of hydrogen-bond donors (Lipinski definition) is 2. The lowest BCUT2D eigenvalue weighted by Gasteiger charge is -2.35. The quantitative estimate of drug-likeness (QED) is 0.822. The van der Waals surface area contributed by atoms with Crippen molar-refractivity contribution in [2.75, 3.05) is 7.05 Å². The molecule has 1 fully saturated rings. The van der Waals surface area contributed by atoms with Gasteiger partial charge in [0.25, 0.3) is 5.91 Å². The van der Waals surface area contributed by atoms with Crippen LogP contribution >= 0.6 is 0 Å². The van der Waals surface area contributed by atoms with Crippen molar-refractivity contribution in [2.45, 2.75) is 63.6 Å². The largest absolute Gasteiger partial charge is 0.501 e. The second-order valence-corrected chi connectivity index (χ2v) is 8.26. The maximum Gasteiger partial charge on any atom is 0.315 e. The number of aryl methyl sites for hydroxylation is 1. The number of rotatable bonds is 4. The summed E-state index contributed by atoms with van der Waals surface area (Å²) in [6.07, 6.45) is 4.55. The highest BCUT2D eigenvalue weighted by atomic mass is 16.3. The monoisotopic (exact) mass is 397 g/mol. The van der Waals surface area contributed by atoms with Crippen LogP contribution in [0.5, 0.6) is 5.75 Å². The zero-order valence-electron chi connectivity index (χ0n) is 16.9. The van der Waals surface area contributed by atoms with Gasteiger partial charge in [-0.1, -0.05) is 44.0 Å². The SMILES string of the molecule is CCc1cccc(C2(Cc3nc(=O)c(O)c4n3C[C@H](O)N(C)C4=O)CCCC2)c1. The molecule has 1 amide bonds. The van der Waals surface area contributed by atoms with E-state index in [9.17, 15) is 19.8 Å². The van der Waals surface area contributed by atoms with Crippen LogP contribution in [0, 0.1) is 0 Å². The Morgan fingerprint density at radius 1 is 1.24 bits per heavy atom. The van der Waals surface area contributed by atoms with Gasteiger partial charge in [0.1, 0.15) is 12.1 Å². The van der Waals surface area contributed by atoms with Crippen molar-refractivity contribution >= 4 is 5.91 Å². The number of benzene rings is 1. The summed E-state index contributed by atoms with van der Waals surface area (Å²) in [7, 11) is 1.45. The van der Waals surface area contributed by atoms with Gasteiger partial charge < -0.3 is 19.7 Å². The van der Waals surface area contributed by atoms with Crippen LogP contribution < -0.4 is 5.56 Å². The lowest BCUT2D eigenvalue weighted by molar-refractivity contribution is -0.00134. The summed E-state index contributed by atoms with van der Waals surface area (Å²) in [4.78, 5) is 30.3. The zero-order valence-corrected chi connectivity index (χ0v) is 16.9. The molecular weight excluding hydrogens is 370 g/mol. The first-order valence-corrected chi connectivity index (χ1v) is 10.2. The number of aromatic hydroxyl groups is 1. The van der Waals surface area contributed by atoms with Crippen molar-refractivity contribution in [1.29, 1.82) is 0 Å². The smallest absolute Gasteiger partial charge is 0.315 e. The van der Waals surface area contributed by atoms with E-state index in [4.69, 9.17) is 0 Å². The molecule has 2 heterocycles. The molecule has 4 rings (SSSR count). The third-order valence-electron chi connectivity index (χ3n) is 6.56. The van der Waals surface area contributed by atoms with Gasteiger partial charge in [-0.15, -0.1) is 0 Å². The second-order valence-electron chi connectivity index (χ2n) is 8.26. The van der Waals surface area contributed by atoms with E-state index >= 15 is 0 Å². The van der Waals surface area contributed by atoms with Crippen molar-refractivity contribution in [3.63, 3.8) is 0 Å². The van der Waals surface area contributed by atoms with Gasteiger partial charge in [0.2, 0.25) is 5.75 Å². The van der Waals surface area contributed by atoms with Crippen LogP contribution in [0.1, 0.15) is 60.0 Å². The van der Waals surface area contributed by atoms with Gasteiger partial charge in [-0.2, -0.15) is 4.98 Å². The topological polar surface area (TPSA) is 95.7 Å². The number of carbonyl (C=O) groups excluding carboxylic acids is 1. The highest BCUT2D eigenvalue weighted by Crippen LogP contribution is 2.44. The van der Waals surface area contributed by atoms with E-state index in [1.165, 1.54) is 22.7 Å². The van der Waals surface area contributed by atoms with Crippen LogP contribution in [0.2, 0.25) is 0 Å². The molecule has 154 valence electrons. The molecule has 2 N–H and O–H groups in total. The van der Waals surface area contributed by atoms with Gasteiger partial charge in [0.05, 0.1) is 6.54 Å². The first-order chi connectivity index (χ1) is 13.9. The van der Waals surface area contributed by atoms with E-state index in [0.717, 1.165) is 37.0 Å². The van der Waals surface area contributed by atoms with Crippen LogP contribution in [-0.4, -0.2) is 43.8 Å². The number of aliphatic hydroxyl groups is 1.